The minimum absolute atomic E-state index is 0.0892. The lowest BCUT2D eigenvalue weighted by Crippen LogP contribution is -2.39. The summed E-state index contributed by atoms with van der Waals surface area (Å²) in [5.41, 5.74) is 6.32. The SMILES string of the molecule is CCc1nc(N[C@H](C(N)=O)C(C)C)c2ccccc2n1. The molecule has 2 aromatic rings. The van der Waals surface area contributed by atoms with Crippen molar-refractivity contribution in [2.24, 2.45) is 11.7 Å². The molecule has 1 aromatic carbocycles. The van der Waals surface area contributed by atoms with Crippen molar-refractivity contribution in [1.82, 2.24) is 9.97 Å². The van der Waals surface area contributed by atoms with Crippen molar-refractivity contribution in [1.29, 1.82) is 0 Å². The number of carbonyl (C=O) groups is 1. The second-order valence-electron chi connectivity index (χ2n) is 5.13. The van der Waals surface area contributed by atoms with Gasteiger partial charge in [0.2, 0.25) is 5.91 Å². The van der Waals surface area contributed by atoms with Gasteiger partial charge in [0, 0.05) is 11.8 Å². The fraction of sp³-hybridized carbons (Fsp3) is 0.400. The zero-order valence-corrected chi connectivity index (χ0v) is 12.1. The summed E-state index contributed by atoms with van der Waals surface area (Å²) < 4.78 is 0. The molecule has 1 aromatic heterocycles. The molecule has 1 atom stereocenters. The van der Waals surface area contributed by atoms with E-state index in [9.17, 15) is 4.79 Å². The van der Waals surface area contributed by atoms with Crippen LogP contribution in [0.1, 0.15) is 26.6 Å². The van der Waals surface area contributed by atoms with Crippen LogP contribution in [0.25, 0.3) is 10.9 Å². The molecule has 0 aliphatic carbocycles. The Morgan fingerprint density at radius 2 is 2.00 bits per heavy atom. The van der Waals surface area contributed by atoms with Crippen LogP contribution in [0.15, 0.2) is 24.3 Å². The summed E-state index contributed by atoms with van der Waals surface area (Å²) in [7, 11) is 0. The number of aromatic nitrogens is 2. The van der Waals surface area contributed by atoms with Crippen LogP contribution >= 0.6 is 0 Å². The number of fused-ring (bicyclic) bond motifs is 1. The van der Waals surface area contributed by atoms with Gasteiger partial charge in [-0.05, 0) is 18.1 Å². The van der Waals surface area contributed by atoms with Crippen molar-refractivity contribution in [2.45, 2.75) is 33.2 Å². The second kappa shape index (κ2) is 5.86. The number of hydrogen-bond donors (Lipinski definition) is 2. The predicted octanol–water partition coefficient (Wildman–Crippen LogP) is 2.11. The number of benzene rings is 1. The molecule has 0 aliphatic rings. The molecule has 20 heavy (non-hydrogen) atoms. The molecule has 1 heterocycles. The summed E-state index contributed by atoms with van der Waals surface area (Å²) in [6, 6.07) is 7.30. The smallest absolute Gasteiger partial charge is 0.240 e. The van der Waals surface area contributed by atoms with Crippen molar-refractivity contribution in [3.63, 3.8) is 0 Å². The zero-order chi connectivity index (χ0) is 14.7. The summed E-state index contributed by atoms with van der Waals surface area (Å²) >= 11 is 0. The molecule has 1 amide bonds. The molecule has 0 spiro atoms. The predicted molar refractivity (Wildman–Crippen MR) is 80.4 cm³/mol. The highest BCUT2D eigenvalue weighted by molar-refractivity contribution is 5.91. The number of para-hydroxylation sites is 1. The van der Waals surface area contributed by atoms with Crippen LogP contribution in [0.4, 0.5) is 5.82 Å². The van der Waals surface area contributed by atoms with Gasteiger partial charge in [-0.3, -0.25) is 4.79 Å². The molecule has 2 rings (SSSR count). The van der Waals surface area contributed by atoms with Crippen molar-refractivity contribution in [3.8, 4) is 0 Å². The van der Waals surface area contributed by atoms with E-state index in [1.807, 2.05) is 45.0 Å². The molecule has 3 N–H and O–H groups in total. The van der Waals surface area contributed by atoms with Gasteiger partial charge in [-0.2, -0.15) is 0 Å². The van der Waals surface area contributed by atoms with Crippen LogP contribution in [-0.2, 0) is 11.2 Å². The summed E-state index contributed by atoms with van der Waals surface area (Å²) in [6.45, 7) is 5.90. The van der Waals surface area contributed by atoms with Crippen molar-refractivity contribution in [2.75, 3.05) is 5.32 Å². The van der Waals surface area contributed by atoms with E-state index in [1.54, 1.807) is 0 Å². The number of primary amides is 1. The summed E-state index contributed by atoms with van der Waals surface area (Å²) in [4.78, 5) is 20.5. The normalized spacial score (nSPS) is 12.6. The first kappa shape index (κ1) is 14.2. The van der Waals surface area contributed by atoms with Crippen molar-refractivity contribution in [3.05, 3.63) is 30.1 Å². The first-order valence-electron chi connectivity index (χ1n) is 6.84. The molecule has 0 saturated heterocycles. The van der Waals surface area contributed by atoms with Crippen molar-refractivity contribution >= 4 is 22.6 Å². The van der Waals surface area contributed by atoms with Crippen LogP contribution in [-0.4, -0.2) is 21.9 Å². The van der Waals surface area contributed by atoms with Crippen molar-refractivity contribution < 1.29 is 4.79 Å². The van der Waals surface area contributed by atoms with E-state index in [2.05, 4.69) is 15.3 Å². The number of aryl methyl sites for hydroxylation is 1. The van der Waals surface area contributed by atoms with E-state index in [-0.39, 0.29) is 11.8 Å². The lowest BCUT2D eigenvalue weighted by atomic mass is 10.0. The van der Waals surface area contributed by atoms with E-state index in [4.69, 9.17) is 5.73 Å². The van der Waals surface area contributed by atoms with Gasteiger partial charge < -0.3 is 11.1 Å². The third-order valence-corrected chi connectivity index (χ3v) is 3.23. The maximum Gasteiger partial charge on any atom is 0.240 e. The monoisotopic (exact) mass is 272 g/mol. The number of amides is 1. The molecule has 0 fully saturated rings. The molecule has 5 nitrogen and oxygen atoms in total. The Labute approximate surface area is 118 Å². The van der Waals surface area contributed by atoms with Gasteiger partial charge in [-0.25, -0.2) is 9.97 Å². The third kappa shape index (κ3) is 2.87. The number of hydrogen-bond acceptors (Lipinski definition) is 4. The largest absolute Gasteiger partial charge is 0.368 e. The van der Waals surface area contributed by atoms with Gasteiger partial charge in [0.25, 0.3) is 0 Å². The van der Waals surface area contributed by atoms with Crippen LogP contribution in [0.2, 0.25) is 0 Å². The third-order valence-electron chi connectivity index (χ3n) is 3.23. The molecule has 0 aliphatic heterocycles. The Hall–Kier alpha value is -2.17. The number of anilines is 1. The maximum atomic E-state index is 11.6. The highest BCUT2D eigenvalue weighted by atomic mass is 16.1. The molecular formula is C15H20N4O. The van der Waals surface area contributed by atoms with Gasteiger partial charge in [0.05, 0.1) is 5.52 Å². The van der Waals surface area contributed by atoms with E-state index in [0.29, 0.717) is 5.82 Å². The van der Waals surface area contributed by atoms with E-state index >= 15 is 0 Å². The Morgan fingerprint density at radius 1 is 1.30 bits per heavy atom. The van der Waals surface area contributed by atoms with Crippen LogP contribution in [0.3, 0.4) is 0 Å². The lowest BCUT2D eigenvalue weighted by Gasteiger charge is -2.20. The Balaban J connectivity index is 2.49. The highest BCUT2D eigenvalue weighted by Gasteiger charge is 2.21. The average molecular weight is 272 g/mol. The van der Waals surface area contributed by atoms with Crippen LogP contribution in [0, 0.1) is 5.92 Å². The number of nitrogens with one attached hydrogen (secondary N) is 1. The Bertz CT molecular complexity index is 624. The first-order chi connectivity index (χ1) is 9.52. The van der Waals surface area contributed by atoms with Gasteiger partial charge in [-0.1, -0.05) is 32.9 Å². The van der Waals surface area contributed by atoms with E-state index < -0.39 is 6.04 Å². The summed E-state index contributed by atoms with van der Waals surface area (Å²) in [6.07, 6.45) is 0.739. The van der Waals surface area contributed by atoms with Gasteiger partial charge in [0.1, 0.15) is 17.7 Å². The Kier molecular flexibility index (Phi) is 4.17. The fourth-order valence-corrected chi connectivity index (χ4v) is 2.11. The Morgan fingerprint density at radius 3 is 2.60 bits per heavy atom. The number of nitrogens with zero attached hydrogens (tertiary/aromatic N) is 2. The lowest BCUT2D eigenvalue weighted by molar-refractivity contribution is -0.119. The zero-order valence-electron chi connectivity index (χ0n) is 12.1. The number of rotatable bonds is 5. The topological polar surface area (TPSA) is 80.9 Å². The summed E-state index contributed by atoms with van der Waals surface area (Å²) in [5.74, 6) is 1.13. The fourth-order valence-electron chi connectivity index (χ4n) is 2.11. The highest BCUT2D eigenvalue weighted by Crippen LogP contribution is 2.22. The van der Waals surface area contributed by atoms with Gasteiger partial charge in [0.15, 0.2) is 0 Å². The number of carbonyl (C=O) groups excluding carboxylic acids is 1. The quantitative estimate of drug-likeness (QED) is 0.873. The first-order valence-corrected chi connectivity index (χ1v) is 6.84. The molecule has 106 valence electrons. The van der Waals surface area contributed by atoms with Crippen LogP contribution < -0.4 is 11.1 Å². The molecule has 0 unspecified atom stereocenters. The molecular weight excluding hydrogens is 252 g/mol. The summed E-state index contributed by atoms with van der Waals surface area (Å²) in [5, 5.41) is 4.07. The van der Waals surface area contributed by atoms with E-state index in [0.717, 1.165) is 23.1 Å². The maximum absolute atomic E-state index is 11.6. The second-order valence-corrected chi connectivity index (χ2v) is 5.13. The molecule has 5 heteroatoms. The molecule has 0 bridgehead atoms. The molecule has 0 saturated carbocycles. The minimum Gasteiger partial charge on any atom is -0.368 e. The minimum atomic E-state index is -0.446. The standard InChI is InChI=1S/C15H20N4O/c1-4-12-17-11-8-6-5-7-10(11)15(18-12)19-13(9(2)3)14(16)20/h5-9,13H,4H2,1-3H3,(H2,16,20)(H,17,18,19)/t13-/m0/s1. The van der Waals surface area contributed by atoms with E-state index in [1.165, 1.54) is 0 Å². The average Bonchev–Trinajstić information content (AvgIpc) is 2.43. The van der Waals surface area contributed by atoms with Gasteiger partial charge >= 0.3 is 0 Å². The number of nitrogens with two attached hydrogens (primary N) is 1. The van der Waals surface area contributed by atoms with Crippen LogP contribution in [0.5, 0.6) is 0 Å². The van der Waals surface area contributed by atoms with Gasteiger partial charge in [-0.15, -0.1) is 0 Å². The molecule has 0 radical (unpaired) electrons.